The number of hydrogen-bond donors (Lipinski definition) is 1. The third kappa shape index (κ3) is 6.97. The van der Waals surface area contributed by atoms with E-state index in [4.69, 9.17) is 9.47 Å². The molecule has 1 atom stereocenters. The van der Waals surface area contributed by atoms with E-state index < -0.39 is 12.1 Å². The van der Waals surface area contributed by atoms with E-state index in [2.05, 4.69) is 21.2 Å². The number of hydrogen-bond acceptors (Lipinski definition) is 4. The van der Waals surface area contributed by atoms with Crippen LogP contribution >= 0.6 is 15.9 Å². The summed E-state index contributed by atoms with van der Waals surface area (Å²) in [6.07, 6.45) is -0.142. The number of esters is 1. The molecule has 0 aliphatic rings. The first-order valence-electron chi connectivity index (χ1n) is 7.94. The van der Waals surface area contributed by atoms with Gasteiger partial charge >= 0.3 is 5.97 Å². The zero-order chi connectivity index (χ0) is 18.1. The van der Waals surface area contributed by atoms with E-state index in [1.807, 2.05) is 42.5 Å². The summed E-state index contributed by atoms with van der Waals surface area (Å²) >= 11 is 3.32. The van der Waals surface area contributed by atoms with Gasteiger partial charge in [-0.1, -0.05) is 46.3 Å². The van der Waals surface area contributed by atoms with Crippen LogP contribution in [0, 0.1) is 0 Å². The van der Waals surface area contributed by atoms with Crippen LogP contribution < -0.4 is 10.1 Å². The van der Waals surface area contributed by atoms with Crippen molar-refractivity contribution in [2.45, 2.75) is 19.4 Å². The average Bonchev–Trinajstić information content (AvgIpc) is 2.62. The molecule has 0 aliphatic heterocycles. The van der Waals surface area contributed by atoms with Gasteiger partial charge < -0.3 is 14.8 Å². The minimum Gasteiger partial charge on any atom is -0.482 e. The van der Waals surface area contributed by atoms with Gasteiger partial charge in [-0.25, -0.2) is 4.79 Å². The topological polar surface area (TPSA) is 64.6 Å². The maximum Gasteiger partial charge on any atom is 0.344 e. The minimum atomic E-state index is -0.864. The summed E-state index contributed by atoms with van der Waals surface area (Å²) in [5.74, 6) is -0.360. The van der Waals surface area contributed by atoms with E-state index in [1.54, 1.807) is 12.1 Å². The molecule has 2 aromatic carbocycles. The van der Waals surface area contributed by atoms with Gasteiger partial charge in [0.15, 0.2) is 12.7 Å². The molecule has 25 heavy (non-hydrogen) atoms. The van der Waals surface area contributed by atoms with E-state index in [1.165, 1.54) is 6.92 Å². The van der Waals surface area contributed by atoms with Gasteiger partial charge in [0.05, 0.1) is 0 Å². The second-order valence-electron chi connectivity index (χ2n) is 5.40. The quantitative estimate of drug-likeness (QED) is 0.685. The molecule has 5 nitrogen and oxygen atoms in total. The van der Waals surface area contributed by atoms with E-state index in [-0.39, 0.29) is 12.5 Å². The smallest absolute Gasteiger partial charge is 0.344 e. The average molecular weight is 406 g/mol. The van der Waals surface area contributed by atoms with Crippen LogP contribution in [0.5, 0.6) is 5.75 Å². The number of nitrogens with one attached hydrogen (secondary N) is 1. The predicted molar refractivity (Wildman–Crippen MR) is 98.3 cm³/mol. The van der Waals surface area contributed by atoms with Gasteiger partial charge in [-0.3, -0.25) is 4.79 Å². The molecule has 0 fully saturated rings. The zero-order valence-electron chi connectivity index (χ0n) is 13.9. The third-order valence-corrected chi connectivity index (χ3v) is 3.93. The Kier molecular flexibility index (Phi) is 7.47. The standard InChI is InChI=1S/C19H20BrNO4/c1-14(19(23)21-12-11-15-5-3-2-4-6-15)25-18(22)13-24-17-9-7-16(20)8-10-17/h2-10,14H,11-13H2,1H3,(H,21,23). The van der Waals surface area contributed by atoms with Gasteiger partial charge in [-0.15, -0.1) is 0 Å². The van der Waals surface area contributed by atoms with Crippen molar-refractivity contribution >= 4 is 27.8 Å². The lowest BCUT2D eigenvalue weighted by Crippen LogP contribution is -2.37. The Labute approximate surface area is 155 Å². The second kappa shape index (κ2) is 9.84. The molecule has 0 aromatic heterocycles. The second-order valence-corrected chi connectivity index (χ2v) is 6.32. The van der Waals surface area contributed by atoms with E-state index >= 15 is 0 Å². The highest BCUT2D eigenvalue weighted by atomic mass is 79.9. The van der Waals surface area contributed by atoms with Crippen molar-refractivity contribution in [1.29, 1.82) is 0 Å². The molecule has 132 valence electrons. The summed E-state index contributed by atoms with van der Waals surface area (Å²) < 4.78 is 11.3. The normalized spacial score (nSPS) is 11.4. The molecule has 2 rings (SSSR count). The first-order chi connectivity index (χ1) is 12.0. The Balaban J connectivity index is 1.67. The van der Waals surface area contributed by atoms with Crippen molar-refractivity contribution in [3.63, 3.8) is 0 Å². The highest BCUT2D eigenvalue weighted by Crippen LogP contribution is 2.16. The maximum atomic E-state index is 11.9. The highest BCUT2D eigenvalue weighted by Gasteiger charge is 2.17. The van der Waals surface area contributed by atoms with Crippen LogP contribution in [-0.4, -0.2) is 31.1 Å². The number of benzene rings is 2. The van der Waals surface area contributed by atoms with Crippen molar-refractivity contribution in [2.24, 2.45) is 0 Å². The molecule has 0 bridgehead atoms. The highest BCUT2D eigenvalue weighted by molar-refractivity contribution is 9.10. The van der Waals surface area contributed by atoms with Crippen molar-refractivity contribution in [2.75, 3.05) is 13.2 Å². The third-order valence-electron chi connectivity index (χ3n) is 3.40. The molecule has 0 spiro atoms. The summed E-state index contributed by atoms with van der Waals surface area (Å²) in [5.41, 5.74) is 1.13. The Bertz CT molecular complexity index is 688. The number of carbonyl (C=O) groups is 2. The molecule has 0 saturated carbocycles. The summed E-state index contributed by atoms with van der Waals surface area (Å²) in [4.78, 5) is 23.7. The largest absolute Gasteiger partial charge is 0.482 e. The number of carbonyl (C=O) groups excluding carboxylic acids is 2. The summed E-state index contributed by atoms with van der Waals surface area (Å²) in [7, 11) is 0. The first kappa shape index (κ1) is 19.0. The van der Waals surface area contributed by atoms with E-state index in [0.29, 0.717) is 12.3 Å². The molecule has 2 aromatic rings. The van der Waals surface area contributed by atoms with Crippen molar-refractivity contribution in [3.05, 3.63) is 64.6 Å². The Morgan fingerprint density at radius 3 is 2.44 bits per heavy atom. The molecule has 1 unspecified atom stereocenters. The van der Waals surface area contributed by atoms with Crippen molar-refractivity contribution in [3.8, 4) is 5.75 Å². The van der Waals surface area contributed by atoms with Gasteiger partial charge in [0.25, 0.3) is 5.91 Å². The van der Waals surface area contributed by atoms with Crippen LogP contribution in [0.15, 0.2) is 59.1 Å². The molecular formula is C19H20BrNO4. The lowest BCUT2D eigenvalue weighted by molar-refractivity contribution is -0.156. The van der Waals surface area contributed by atoms with Crippen LogP contribution in [0.4, 0.5) is 0 Å². The van der Waals surface area contributed by atoms with Crippen molar-refractivity contribution < 1.29 is 19.1 Å². The van der Waals surface area contributed by atoms with Crippen LogP contribution in [0.25, 0.3) is 0 Å². The molecule has 1 amide bonds. The first-order valence-corrected chi connectivity index (χ1v) is 8.73. The van der Waals surface area contributed by atoms with Gasteiger partial charge in [-0.2, -0.15) is 0 Å². The van der Waals surface area contributed by atoms with Gasteiger partial charge in [0, 0.05) is 11.0 Å². The molecule has 0 saturated heterocycles. The molecular weight excluding hydrogens is 386 g/mol. The van der Waals surface area contributed by atoms with E-state index in [0.717, 1.165) is 16.5 Å². The fourth-order valence-electron chi connectivity index (χ4n) is 2.08. The fourth-order valence-corrected chi connectivity index (χ4v) is 2.34. The maximum absolute atomic E-state index is 11.9. The molecule has 0 heterocycles. The summed E-state index contributed by atoms with van der Waals surface area (Å²) in [6.45, 7) is 1.78. The summed E-state index contributed by atoms with van der Waals surface area (Å²) in [6, 6.07) is 16.9. The van der Waals surface area contributed by atoms with Crippen LogP contribution in [0.3, 0.4) is 0 Å². The predicted octanol–water partition coefficient (Wildman–Crippen LogP) is 3.12. The van der Waals surface area contributed by atoms with Crippen LogP contribution in [0.2, 0.25) is 0 Å². The van der Waals surface area contributed by atoms with Crippen LogP contribution in [0.1, 0.15) is 12.5 Å². The summed E-state index contributed by atoms with van der Waals surface area (Å²) in [5, 5.41) is 2.75. The SMILES string of the molecule is CC(OC(=O)COc1ccc(Br)cc1)C(=O)NCCc1ccccc1. The fraction of sp³-hybridized carbons (Fsp3) is 0.263. The minimum absolute atomic E-state index is 0.247. The van der Waals surface area contributed by atoms with Crippen LogP contribution in [-0.2, 0) is 20.7 Å². The number of ether oxygens (including phenoxy) is 2. The lowest BCUT2D eigenvalue weighted by Gasteiger charge is -2.14. The van der Waals surface area contributed by atoms with Gasteiger partial charge in [-0.05, 0) is 43.2 Å². The molecule has 6 heteroatoms. The lowest BCUT2D eigenvalue weighted by atomic mass is 10.1. The van der Waals surface area contributed by atoms with Gasteiger partial charge in [0.2, 0.25) is 0 Å². The zero-order valence-corrected chi connectivity index (χ0v) is 15.5. The number of halogens is 1. The Morgan fingerprint density at radius 2 is 1.76 bits per heavy atom. The molecule has 1 N–H and O–H groups in total. The Hall–Kier alpha value is -2.34. The Morgan fingerprint density at radius 1 is 1.08 bits per heavy atom. The van der Waals surface area contributed by atoms with Gasteiger partial charge in [0.1, 0.15) is 5.75 Å². The molecule has 0 aliphatic carbocycles. The molecule has 0 radical (unpaired) electrons. The van der Waals surface area contributed by atoms with Crippen molar-refractivity contribution in [1.82, 2.24) is 5.32 Å². The number of rotatable bonds is 8. The van der Waals surface area contributed by atoms with E-state index in [9.17, 15) is 9.59 Å². The monoisotopic (exact) mass is 405 g/mol. The number of amides is 1.